The molecule has 0 saturated heterocycles. The lowest BCUT2D eigenvalue weighted by Gasteiger charge is -2.10. The van der Waals surface area contributed by atoms with Gasteiger partial charge in [-0.05, 0) is 22.4 Å². The Morgan fingerprint density at radius 2 is 2.00 bits per heavy atom. The van der Waals surface area contributed by atoms with Crippen LogP contribution in [0.25, 0.3) is 10.8 Å². The first kappa shape index (κ1) is 13.9. The molecule has 0 fully saturated rings. The SMILES string of the molecule is COC(=O)Cc1ccc2cc(C(C)C)ccc2c1Cl. The van der Waals surface area contributed by atoms with Crippen molar-refractivity contribution in [1.29, 1.82) is 0 Å². The molecule has 0 bridgehead atoms. The second-order valence-electron chi connectivity index (χ2n) is 4.93. The first-order valence-corrected chi connectivity index (χ1v) is 6.68. The van der Waals surface area contributed by atoms with E-state index in [1.165, 1.54) is 12.7 Å². The molecule has 2 nitrogen and oxygen atoms in total. The number of ether oxygens (including phenoxy) is 1. The molecule has 2 aromatic carbocycles. The van der Waals surface area contributed by atoms with Gasteiger partial charge in [-0.25, -0.2) is 0 Å². The van der Waals surface area contributed by atoms with Gasteiger partial charge in [0.1, 0.15) is 0 Å². The highest BCUT2D eigenvalue weighted by Gasteiger charge is 2.11. The first-order valence-electron chi connectivity index (χ1n) is 6.30. The van der Waals surface area contributed by atoms with E-state index in [1.807, 2.05) is 18.2 Å². The van der Waals surface area contributed by atoms with Crippen molar-refractivity contribution in [2.45, 2.75) is 26.2 Å². The minimum absolute atomic E-state index is 0.206. The van der Waals surface area contributed by atoms with Gasteiger partial charge in [0.15, 0.2) is 0 Å². The fourth-order valence-electron chi connectivity index (χ4n) is 2.08. The van der Waals surface area contributed by atoms with Gasteiger partial charge in [0.25, 0.3) is 0 Å². The zero-order valence-electron chi connectivity index (χ0n) is 11.4. The first-order chi connectivity index (χ1) is 9.02. The fourth-order valence-corrected chi connectivity index (χ4v) is 2.38. The van der Waals surface area contributed by atoms with Crippen LogP contribution in [0.4, 0.5) is 0 Å². The standard InChI is InChI=1S/C16H17ClO2/c1-10(2)11-6-7-14-12(8-11)4-5-13(16(14)17)9-15(18)19-3/h4-8,10H,9H2,1-3H3. The smallest absolute Gasteiger partial charge is 0.310 e. The van der Waals surface area contributed by atoms with Crippen LogP contribution < -0.4 is 0 Å². The summed E-state index contributed by atoms with van der Waals surface area (Å²) < 4.78 is 4.67. The number of methoxy groups -OCH3 is 1. The number of fused-ring (bicyclic) bond motifs is 1. The van der Waals surface area contributed by atoms with Crippen molar-refractivity contribution in [3.05, 3.63) is 46.5 Å². The number of benzene rings is 2. The summed E-state index contributed by atoms with van der Waals surface area (Å²) in [5.74, 6) is 0.206. The van der Waals surface area contributed by atoms with E-state index >= 15 is 0 Å². The highest BCUT2D eigenvalue weighted by molar-refractivity contribution is 6.36. The van der Waals surface area contributed by atoms with Crippen molar-refractivity contribution in [1.82, 2.24) is 0 Å². The third-order valence-electron chi connectivity index (χ3n) is 3.29. The maximum atomic E-state index is 11.3. The molecule has 0 radical (unpaired) electrons. The van der Waals surface area contributed by atoms with Crippen LogP contribution in [-0.4, -0.2) is 13.1 Å². The average molecular weight is 277 g/mol. The summed E-state index contributed by atoms with van der Waals surface area (Å²) in [5, 5.41) is 2.72. The van der Waals surface area contributed by atoms with Gasteiger partial charge in [-0.2, -0.15) is 0 Å². The van der Waals surface area contributed by atoms with Gasteiger partial charge < -0.3 is 4.74 Å². The largest absolute Gasteiger partial charge is 0.469 e. The molecule has 2 aromatic rings. The van der Waals surface area contributed by atoms with Crippen molar-refractivity contribution in [3.8, 4) is 0 Å². The maximum Gasteiger partial charge on any atom is 0.310 e. The zero-order chi connectivity index (χ0) is 14.0. The lowest BCUT2D eigenvalue weighted by molar-refractivity contribution is -0.139. The minimum atomic E-state index is -0.278. The van der Waals surface area contributed by atoms with E-state index in [9.17, 15) is 4.79 Å². The van der Waals surface area contributed by atoms with E-state index in [4.69, 9.17) is 11.6 Å². The van der Waals surface area contributed by atoms with Crippen LogP contribution in [0.3, 0.4) is 0 Å². The Morgan fingerprint density at radius 1 is 1.26 bits per heavy atom. The number of carbonyl (C=O) groups is 1. The van der Waals surface area contributed by atoms with Gasteiger partial charge in [0, 0.05) is 5.39 Å². The van der Waals surface area contributed by atoms with E-state index in [0.717, 1.165) is 16.3 Å². The van der Waals surface area contributed by atoms with Crippen LogP contribution >= 0.6 is 11.6 Å². The lowest BCUT2D eigenvalue weighted by Crippen LogP contribution is -2.05. The van der Waals surface area contributed by atoms with Crippen LogP contribution in [0.2, 0.25) is 5.02 Å². The van der Waals surface area contributed by atoms with Crippen molar-refractivity contribution in [2.75, 3.05) is 7.11 Å². The Kier molecular flexibility index (Phi) is 4.11. The van der Waals surface area contributed by atoms with Crippen LogP contribution in [0.1, 0.15) is 30.9 Å². The third-order valence-corrected chi connectivity index (χ3v) is 3.73. The van der Waals surface area contributed by atoms with Crippen LogP contribution in [0.15, 0.2) is 30.3 Å². The fraction of sp³-hybridized carbons (Fsp3) is 0.312. The maximum absolute atomic E-state index is 11.3. The van der Waals surface area contributed by atoms with Crippen molar-refractivity contribution >= 4 is 28.3 Å². The molecule has 0 saturated carbocycles. The summed E-state index contributed by atoms with van der Waals surface area (Å²) in [7, 11) is 1.38. The highest BCUT2D eigenvalue weighted by atomic mass is 35.5. The third kappa shape index (κ3) is 2.90. The van der Waals surface area contributed by atoms with E-state index in [2.05, 4.69) is 30.7 Å². The molecular weight excluding hydrogens is 260 g/mol. The van der Waals surface area contributed by atoms with Crippen LogP contribution in [0.5, 0.6) is 0 Å². The predicted octanol–water partition coefficient (Wildman–Crippen LogP) is 4.33. The Labute approximate surface area is 118 Å². The molecular formula is C16H17ClO2. The Hall–Kier alpha value is -1.54. The van der Waals surface area contributed by atoms with Gasteiger partial charge in [-0.15, -0.1) is 0 Å². The molecule has 3 heteroatoms. The average Bonchev–Trinajstić information content (AvgIpc) is 2.41. The number of halogens is 1. The normalized spacial score (nSPS) is 11.0. The topological polar surface area (TPSA) is 26.3 Å². The molecule has 0 aliphatic rings. The monoisotopic (exact) mass is 276 g/mol. The number of rotatable bonds is 3. The van der Waals surface area contributed by atoms with E-state index in [1.54, 1.807) is 0 Å². The number of esters is 1. The van der Waals surface area contributed by atoms with Crippen LogP contribution in [-0.2, 0) is 16.0 Å². The Bertz CT molecular complexity index is 617. The molecule has 0 aliphatic carbocycles. The van der Waals surface area contributed by atoms with Gasteiger partial charge in [0.05, 0.1) is 18.6 Å². The van der Waals surface area contributed by atoms with Gasteiger partial charge in [-0.1, -0.05) is 55.8 Å². The van der Waals surface area contributed by atoms with Gasteiger partial charge in [-0.3, -0.25) is 4.79 Å². The second kappa shape index (κ2) is 5.62. The molecule has 0 aromatic heterocycles. The van der Waals surface area contributed by atoms with E-state index in [-0.39, 0.29) is 12.4 Å². The van der Waals surface area contributed by atoms with Crippen molar-refractivity contribution in [2.24, 2.45) is 0 Å². The van der Waals surface area contributed by atoms with Crippen molar-refractivity contribution in [3.63, 3.8) is 0 Å². The summed E-state index contributed by atoms with van der Waals surface area (Å²) in [4.78, 5) is 11.3. The molecule has 0 aliphatic heterocycles. The van der Waals surface area contributed by atoms with Crippen molar-refractivity contribution < 1.29 is 9.53 Å². The van der Waals surface area contributed by atoms with Gasteiger partial charge in [0.2, 0.25) is 0 Å². The summed E-state index contributed by atoms with van der Waals surface area (Å²) in [6, 6.07) is 10.2. The number of hydrogen-bond donors (Lipinski definition) is 0. The minimum Gasteiger partial charge on any atom is -0.469 e. The zero-order valence-corrected chi connectivity index (χ0v) is 12.1. The number of hydrogen-bond acceptors (Lipinski definition) is 2. The molecule has 0 N–H and O–H groups in total. The highest BCUT2D eigenvalue weighted by Crippen LogP contribution is 2.30. The molecule has 2 rings (SSSR count). The molecule has 100 valence electrons. The molecule has 0 spiro atoms. The molecule has 19 heavy (non-hydrogen) atoms. The van der Waals surface area contributed by atoms with E-state index in [0.29, 0.717) is 10.9 Å². The second-order valence-corrected chi connectivity index (χ2v) is 5.30. The van der Waals surface area contributed by atoms with Gasteiger partial charge >= 0.3 is 5.97 Å². The molecule has 0 amide bonds. The van der Waals surface area contributed by atoms with Crippen LogP contribution in [0, 0.1) is 0 Å². The quantitative estimate of drug-likeness (QED) is 0.780. The molecule has 0 atom stereocenters. The van der Waals surface area contributed by atoms with E-state index < -0.39 is 0 Å². The Balaban J connectivity index is 2.47. The Morgan fingerprint density at radius 3 is 2.63 bits per heavy atom. The summed E-state index contributed by atoms with van der Waals surface area (Å²) in [6.07, 6.45) is 0.206. The molecule has 0 heterocycles. The predicted molar refractivity (Wildman–Crippen MR) is 78.8 cm³/mol. The number of carbonyl (C=O) groups excluding carboxylic acids is 1. The summed E-state index contributed by atoms with van der Waals surface area (Å²) >= 11 is 6.37. The summed E-state index contributed by atoms with van der Waals surface area (Å²) in [5.41, 5.74) is 2.09. The molecule has 0 unspecified atom stereocenters. The summed E-state index contributed by atoms with van der Waals surface area (Å²) in [6.45, 7) is 4.32. The lowest BCUT2D eigenvalue weighted by atomic mass is 9.97.